The number of rotatable bonds is 2. The summed E-state index contributed by atoms with van der Waals surface area (Å²) < 4.78 is 1.69. The van der Waals surface area contributed by atoms with Crippen LogP contribution >= 0.6 is 0 Å². The van der Waals surface area contributed by atoms with Crippen molar-refractivity contribution in [2.45, 2.75) is 6.54 Å². The van der Waals surface area contributed by atoms with Gasteiger partial charge in [0, 0.05) is 0 Å². The predicted molar refractivity (Wildman–Crippen MR) is 45.7 cm³/mol. The monoisotopic (exact) mass is 176 g/mol. The highest BCUT2D eigenvalue weighted by atomic mass is 15.5. The molecule has 0 saturated heterocycles. The molecule has 1 heterocycles. The van der Waals surface area contributed by atoms with Gasteiger partial charge in [-0.3, -0.25) is 0 Å². The Bertz CT molecular complexity index is 380. The standard InChI is InChI=1S/C8H9N5/c9-6-8-10-11-12-13(8)7-4-2-1-3-5-7/h1-5H,6,9H2/p+1. The summed E-state index contributed by atoms with van der Waals surface area (Å²) in [4.78, 5) is 0. The lowest BCUT2D eigenvalue weighted by Gasteiger charge is -1.99. The van der Waals surface area contributed by atoms with Gasteiger partial charge in [0.2, 0.25) is 5.82 Å². The van der Waals surface area contributed by atoms with Crippen molar-refractivity contribution in [1.82, 2.24) is 20.2 Å². The Hall–Kier alpha value is -1.75. The van der Waals surface area contributed by atoms with Crippen molar-refractivity contribution in [1.29, 1.82) is 0 Å². The smallest absolute Gasteiger partial charge is 0.210 e. The molecule has 0 atom stereocenters. The topological polar surface area (TPSA) is 71.2 Å². The molecule has 5 nitrogen and oxygen atoms in total. The summed E-state index contributed by atoms with van der Waals surface area (Å²) in [6.07, 6.45) is 0. The van der Waals surface area contributed by atoms with E-state index in [1.807, 2.05) is 30.3 Å². The third-order valence-electron chi connectivity index (χ3n) is 1.76. The number of para-hydroxylation sites is 1. The van der Waals surface area contributed by atoms with Crippen molar-refractivity contribution in [3.8, 4) is 5.69 Å². The van der Waals surface area contributed by atoms with Crippen molar-refractivity contribution in [3.63, 3.8) is 0 Å². The molecule has 1 aromatic heterocycles. The van der Waals surface area contributed by atoms with Crippen molar-refractivity contribution in [2.75, 3.05) is 0 Å². The Morgan fingerprint density at radius 3 is 2.69 bits per heavy atom. The van der Waals surface area contributed by atoms with Crippen molar-refractivity contribution >= 4 is 0 Å². The fraction of sp³-hybridized carbons (Fsp3) is 0.125. The molecule has 0 saturated carbocycles. The summed E-state index contributed by atoms with van der Waals surface area (Å²) in [7, 11) is 0. The predicted octanol–water partition coefficient (Wildman–Crippen LogP) is -0.596. The highest BCUT2D eigenvalue weighted by molar-refractivity contribution is 5.30. The van der Waals surface area contributed by atoms with Gasteiger partial charge in [-0.1, -0.05) is 18.2 Å². The van der Waals surface area contributed by atoms with Crippen LogP contribution in [0.4, 0.5) is 0 Å². The zero-order valence-electron chi connectivity index (χ0n) is 7.09. The van der Waals surface area contributed by atoms with Crippen LogP contribution in [0.2, 0.25) is 0 Å². The van der Waals surface area contributed by atoms with Gasteiger partial charge in [0.1, 0.15) is 6.54 Å². The van der Waals surface area contributed by atoms with Crippen LogP contribution in [-0.2, 0) is 6.54 Å². The Kier molecular flexibility index (Phi) is 2.01. The van der Waals surface area contributed by atoms with Crippen molar-refractivity contribution in [3.05, 3.63) is 36.2 Å². The Balaban J connectivity index is 2.47. The Morgan fingerprint density at radius 2 is 2.00 bits per heavy atom. The average Bonchev–Trinajstić information content (AvgIpc) is 2.67. The van der Waals surface area contributed by atoms with Gasteiger partial charge in [0.25, 0.3) is 0 Å². The van der Waals surface area contributed by atoms with E-state index in [0.29, 0.717) is 6.54 Å². The summed E-state index contributed by atoms with van der Waals surface area (Å²) in [5, 5.41) is 11.3. The molecule has 0 amide bonds. The fourth-order valence-corrected chi connectivity index (χ4v) is 1.13. The molecular weight excluding hydrogens is 166 g/mol. The van der Waals surface area contributed by atoms with Crippen LogP contribution < -0.4 is 5.73 Å². The molecule has 2 rings (SSSR count). The van der Waals surface area contributed by atoms with Gasteiger partial charge >= 0.3 is 0 Å². The van der Waals surface area contributed by atoms with E-state index in [1.165, 1.54) is 0 Å². The molecule has 13 heavy (non-hydrogen) atoms. The second kappa shape index (κ2) is 3.32. The highest BCUT2D eigenvalue weighted by Gasteiger charge is 2.05. The van der Waals surface area contributed by atoms with Gasteiger partial charge in [-0.15, -0.1) is 5.10 Å². The highest BCUT2D eigenvalue weighted by Crippen LogP contribution is 2.05. The van der Waals surface area contributed by atoms with Gasteiger partial charge in [-0.25, -0.2) is 0 Å². The van der Waals surface area contributed by atoms with Crippen LogP contribution in [0.3, 0.4) is 0 Å². The third kappa shape index (κ3) is 1.41. The first kappa shape index (κ1) is 7.88. The maximum atomic E-state index is 3.87. The molecule has 0 aliphatic carbocycles. The molecule has 0 unspecified atom stereocenters. The Labute approximate surface area is 75.2 Å². The number of hydrogen-bond donors (Lipinski definition) is 1. The minimum absolute atomic E-state index is 0.585. The van der Waals surface area contributed by atoms with E-state index in [4.69, 9.17) is 0 Å². The number of nitrogens with zero attached hydrogens (tertiary/aromatic N) is 4. The van der Waals surface area contributed by atoms with E-state index >= 15 is 0 Å². The second-order valence-corrected chi connectivity index (χ2v) is 2.59. The molecule has 0 fully saturated rings. The summed E-state index contributed by atoms with van der Waals surface area (Å²) in [6, 6.07) is 9.76. The van der Waals surface area contributed by atoms with E-state index < -0.39 is 0 Å². The molecule has 2 aromatic rings. The lowest BCUT2D eigenvalue weighted by molar-refractivity contribution is -0.388. The van der Waals surface area contributed by atoms with Crippen LogP contribution in [-0.4, -0.2) is 20.2 Å². The van der Waals surface area contributed by atoms with E-state index in [2.05, 4.69) is 21.3 Å². The van der Waals surface area contributed by atoms with E-state index in [0.717, 1.165) is 11.5 Å². The molecule has 0 aliphatic heterocycles. The molecular formula is C8H10N5+. The second-order valence-electron chi connectivity index (χ2n) is 2.59. The summed E-state index contributed by atoms with van der Waals surface area (Å²) in [5.41, 5.74) is 4.72. The van der Waals surface area contributed by atoms with Crippen molar-refractivity contribution < 1.29 is 5.73 Å². The molecule has 0 spiro atoms. The Morgan fingerprint density at radius 1 is 1.23 bits per heavy atom. The largest absolute Gasteiger partial charge is 0.351 e. The molecule has 1 aromatic carbocycles. The van der Waals surface area contributed by atoms with Gasteiger partial charge in [0.15, 0.2) is 0 Å². The maximum absolute atomic E-state index is 3.87. The van der Waals surface area contributed by atoms with Crippen LogP contribution in [0.25, 0.3) is 5.69 Å². The molecule has 66 valence electrons. The first-order valence-corrected chi connectivity index (χ1v) is 4.04. The van der Waals surface area contributed by atoms with Gasteiger partial charge in [-0.05, 0) is 22.6 Å². The van der Waals surface area contributed by atoms with Crippen LogP contribution in [0, 0.1) is 0 Å². The number of tetrazole rings is 1. The van der Waals surface area contributed by atoms with Gasteiger partial charge in [-0.2, -0.15) is 4.68 Å². The summed E-state index contributed by atoms with van der Waals surface area (Å²) in [6.45, 7) is 0.585. The number of benzene rings is 1. The van der Waals surface area contributed by atoms with E-state index in [-0.39, 0.29) is 0 Å². The first-order valence-electron chi connectivity index (χ1n) is 4.04. The van der Waals surface area contributed by atoms with Crippen LogP contribution in [0.5, 0.6) is 0 Å². The number of hydrogen-bond acceptors (Lipinski definition) is 3. The number of quaternary nitrogens is 1. The van der Waals surface area contributed by atoms with Gasteiger partial charge < -0.3 is 5.73 Å². The lowest BCUT2D eigenvalue weighted by atomic mass is 10.3. The molecule has 5 heteroatoms. The fourth-order valence-electron chi connectivity index (χ4n) is 1.13. The quantitative estimate of drug-likeness (QED) is 0.664. The average molecular weight is 176 g/mol. The lowest BCUT2D eigenvalue weighted by Crippen LogP contribution is -2.48. The summed E-state index contributed by atoms with van der Waals surface area (Å²) in [5.74, 6) is 0.770. The molecule has 0 bridgehead atoms. The van der Waals surface area contributed by atoms with E-state index in [9.17, 15) is 0 Å². The summed E-state index contributed by atoms with van der Waals surface area (Å²) >= 11 is 0. The first-order chi connectivity index (χ1) is 6.42. The van der Waals surface area contributed by atoms with E-state index in [1.54, 1.807) is 4.68 Å². The zero-order valence-corrected chi connectivity index (χ0v) is 7.09. The molecule has 0 aliphatic rings. The van der Waals surface area contributed by atoms with Crippen LogP contribution in [0.1, 0.15) is 5.82 Å². The molecule has 0 radical (unpaired) electrons. The van der Waals surface area contributed by atoms with Crippen molar-refractivity contribution in [2.24, 2.45) is 0 Å². The SMILES string of the molecule is [NH3+]Cc1nnnn1-c1ccccc1. The zero-order chi connectivity index (χ0) is 9.10. The minimum atomic E-state index is 0.585. The number of aromatic nitrogens is 4. The third-order valence-corrected chi connectivity index (χ3v) is 1.76. The minimum Gasteiger partial charge on any atom is -0.351 e. The van der Waals surface area contributed by atoms with Gasteiger partial charge in [0.05, 0.1) is 5.69 Å². The normalized spacial score (nSPS) is 10.2. The molecule has 3 N–H and O–H groups in total. The van der Waals surface area contributed by atoms with Crippen LogP contribution in [0.15, 0.2) is 30.3 Å². The maximum Gasteiger partial charge on any atom is 0.210 e.